The number of nitrogens with two attached hydrogens (primary N) is 2. The average molecular weight is 876 g/mol. The van der Waals surface area contributed by atoms with Crippen molar-refractivity contribution in [1.29, 1.82) is 0 Å². The van der Waals surface area contributed by atoms with Crippen LogP contribution in [0.4, 0.5) is 5.82 Å². The number of anilines is 1. The first-order valence-corrected chi connectivity index (χ1v) is 19.8. The minimum Gasteiger partial charge on any atom is -0.469 e. The van der Waals surface area contributed by atoms with Gasteiger partial charge in [-0.05, 0) is 54.1 Å². The predicted octanol–water partition coefficient (Wildman–Crippen LogP) is 6.10. The van der Waals surface area contributed by atoms with Gasteiger partial charge in [-0.3, -0.25) is 18.8 Å². The highest BCUT2D eigenvalue weighted by Gasteiger charge is 2.31. The minimum absolute atomic E-state index is 0.0589. The fraction of sp³-hybridized carbons (Fsp3) is 0.200. The Morgan fingerprint density at radius 3 is 1.97 bits per heavy atom. The maximum absolute atomic E-state index is 12.3. The molecule has 0 aliphatic carbocycles. The summed E-state index contributed by atoms with van der Waals surface area (Å²) >= 11 is 2.74. The van der Waals surface area contributed by atoms with Crippen LogP contribution in [0.1, 0.15) is 52.0 Å². The number of nitrogens with zero attached hydrogens (tertiary/aromatic N) is 6. The Balaban J connectivity index is 0.000000180. The molecule has 0 saturated carbocycles. The molecular formula is C45H47BrN8O6. The number of hydrogen-bond donors (Lipinski definition) is 2. The van der Waals surface area contributed by atoms with Crippen molar-refractivity contribution >= 4 is 63.8 Å². The zero-order valence-corrected chi connectivity index (χ0v) is 34.6. The van der Waals surface area contributed by atoms with E-state index < -0.39 is 4.83 Å². The molecule has 0 spiro atoms. The van der Waals surface area contributed by atoms with Crippen LogP contribution >= 0.6 is 15.9 Å². The number of fused-ring (bicyclic) bond motifs is 2. The van der Waals surface area contributed by atoms with Gasteiger partial charge in [0.25, 0.3) is 0 Å². The number of likely N-dealkylation sites (tertiary alicyclic amines) is 1. The number of nitrogen functional groups attached to an aromatic ring is 1. The Hall–Kier alpha value is -6.84. The summed E-state index contributed by atoms with van der Waals surface area (Å²) < 4.78 is 8.40. The SMILES string of the molecule is COC(=O)CC(CN)c1ccccc1.Nc1ccccn1.O=C1CC(c2ccccc2)CN1Cc1cnc2ccccn12.O=CC(Br)C=O.O=Cc1cnc2ccccn12. The molecule has 15 heteroatoms. The lowest BCUT2D eigenvalue weighted by Gasteiger charge is -2.16. The maximum Gasteiger partial charge on any atom is 0.306 e. The van der Waals surface area contributed by atoms with Crippen molar-refractivity contribution in [1.82, 2.24) is 28.7 Å². The molecule has 8 rings (SSSR count). The van der Waals surface area contributed by atoms with Crippen LogP contribution in [0.2, 0.25) is 0 Å². The Morgan fingerprint density at radius 1 is 0.817 bits per heavy atom. The van der Waals surface area contributed by atoms with Crippen molar-refractivity contribution < 1.29 is 28.7 Å². The van der Waals surface area contributed by atoms with E-state index in [1.165, 1.54) is 12.7 Å². The van der Waals surface area contributed by atoms with Gasteiger partial charge < -0.3 is 35.1 Å². The standard InChI is InChI=1S/C18H17N3O.C11H15NO2.C8H6N2O.C5H6N2.C3H3BrO2/c22-18-10-15(14-6-2-1-3-7-14)12-20(18)13-16-11-19-17-8-4-5-9-21(16)17;1-14-11(13)7-10(8-12)9-5-3-2-4-6-9;11-6-7-5-9-8-3-1-2-4-10(7)8;6-5-3-1-2-4-7-5;4-3(1-5)2-6/h1-9,11,15H,10,12-13H2;2-6,10H,7-8,12H2,1H3;1-6H;1-4H,(H2,6,7);1-3H. The van der Waals surface area contributed by atoms with E-state index in [-0.39, 0.29) is 17.8 Å². The van der Waals surface area contributed by atoms with Crippen LogP contribution in [0.15, 0.2) is 146 Å². The molecule has 2 unspecified atom stereocenters. The quantitative estimate of drug-likeness (QED) is 0.0697. The van der Waals surface area contributed by atoms with Crippen LogP contribution in [0.25, 0.3) is 11.3 Å². The molecule has 6 heterocycles. The second-order valence-corrected chi connectivity index (χ2v) is 14.1. The number of halogens is 1. The predicted molar refractivity (Wildman–Crippen MR) is 233 cm³/mol. The molecule has 14 nitrogen and oxygen atoms in total. The summed E-state index contributed by atoms with van der Waals surface area (Å²) in [6.07, 6.45) is 11.7. The second kappa shape index (κ2) is 24.8. The molecule has 310 valence electrons. The van der Waals surface area contributed by atoms with Gasteiger partial charge in [-0.2, -0.15) is 0 Å². The molecule has 2 aromatic carbocycles. The van der Waals surface area contributed by atoms with E-state index in [1.54, 1.807) is 22.9 Å². The third kappa shape index (κ3) is 14.2. The van der Waals surface area contributed by atoms with E-state index in [4.69, 9.17) is 11.5 Å². The van der Waals surface area contributed by atoms with Crippen LogP contribution in [0, 0.1) is 0 Å². The minimum atomic E-state index is -0.613. The first-order chi connectivity index (χ1) is 29.2. The Morgan fingerprint density at radius 2 is 1.42 bits per heavy atom. The summed E-state index contributed by atoms with van der Waals surface area (Å²) in [6, 6.07) is 37.0. The van der Waals surface area contributed by atoms with Gasteiger partial charge in [-0.25, -0.2) is 15.0 Å². The molecular weight excluding hydrogens is 828 g/mol. The second-order valence-electron chi connectivity index (χ2n) is 13.1. The number of benzene rings is 2. The van der Waals surface area contributed by atoms with Crippen LogP contribution in [0.5, 0.6) is 0 Å². The van der Waals surface area contributed by atoms with E-state index >= 15 is 0 Å². The lowest BCUT2D eigenvalue weighted by Crippen LogP contribution is -2.25. The van der Waals surface area contributed by atoms with E-state index in [9.17, 15) is 24.0 Å². The van der Waals surface area contributed by atoms with Crippen molar-refractivity contribution in [3.63, 3.8) is 0 Å². The molecule has 5 aromatic heterocycles. The lowest BCUT2D eigenvalue weighted by molar-refractivity contribution is -0.141. The topological polar surface area (TPSA) is 197 Å². The highest BCUT2D eigenvalue weighted by molar-refractivity contribution is 9.10. The molecule has 2 atom stereocenters. The van der Waals surface area contributed by atoms with Crippen LogP contribution < -0.4 is 11.5 Å². The first kappa shape index (κ1) is 45.9. The molecule has 1 saturated heterocycles. The van der Waals surface area contributed by atoms with Crippen LogP contribution in [-0.2, 0) is 30.5 Å². The van der Waals surface area contributed by atoms with E-state index in [1.807, 2.05) is 125 Å². The lowest BCUT2D eigenvalue weighted by atomic mass is 9.96. The fourth-order valence-corrected chi connectivity index (χ4v) is 5.97. The number of ether oxygens (including phenoxy) is 1. The summed E-state index contributed by atoms with van der Waals surface area (Å²) in [5.41, 5.74) is 16.5. The summed E-state index contributed by atoms with van der Waals surface area (Å²) in [5.74, 6) is 0.933. The highest BCUT2D eigenvalue weighted by atomic mass is 79.9. The summed E-state index contributed by atoms with van der Waals surface area (Å²) in [6.45, 7) is 1.86. The molecule has 1 aliphatic heterocycles. The normalized spacial score (nSPS) is 13.2. The van der Waals surface area contributed by atoms with Gasteiger partial charge in [0.1, 0.15) is 40.2 Å². The van der Waals surface area contributed by atoms with Gasteiger partial charge in [0.2, 0.25) is 5.91 Å². The van der Waals surface area contributed by atoms with E-state index in [0.29, 0.717) is 55.9 Å². The zero-order chi connectivity index (χ0) is 43.1. The number of pyridine rings is 3. The highest BCUT2D eigenvalue weighted by Crippen LogP contribution is 2.29. The van der Waals surface area contributed by atoms with Crippen molar-refractivity contribution in [2.24, 2.45) is 5.73 Å². The van der Waals surface area contributed by atoms with Gasteiger partial charge in [-0.1, -0.05) is 94.8 Å². The number of methoxy groups -OCH3 is 1. The van der Waals surface area contributed by atoms with Crippen molar-refractivity contribution in [3.8, 4) is 0 Å². The molecule has 60 heavy (non-hydrogen) atoms. The number of carbonyl (C=O) groups is 5. The third-order valence-electron chi connectivity index (χ3n) is 9.04. The molecule has 1 amide bonds. The summed E-state index contributed by atoms with van der Waals surface area (Å²) in [5, 5.41) is 0. The van der Waals surface area contributed by atoms with Gasteiger partial charge in [0.15, 0.2) is 6.29 Å². The van der Waals surface area contributed by atoms with Gasteiger partial charge >= 0.3 is 5.97 Å². The number of aromatic nitrogens is 5. The number of amides is 1. The third-order valence-corrected chi connectivity index (χ3v) is 9.47. The molecule has 7 aromatic rings. The van der Waals surface area contributed by atoms with Crippen LogP contribution in [0.3, 0.4) is 0 Å². The smallest absolute Gasteiger partial charge is 0.306 e. The monoisotopic (exact) mass is 874 g/mol. The Bertz CT molecular complexity index is 2370. The van der Waals surface area contributed by atoms with Gasteiger partial charge in [0.05, 0.1) is 38.2 Å². The Labute approximate surface area is 356 Å². The number of aldehydes is 3. The summed E-state index contributed by atoms with van der Waals surface area (Å²) in [4.78, 5) is 66.2. The van der Waals surface area contributed by atoms with Gasteiger partial charge in [-0.15, -0.1) is 0 Å². The first-order valence-electron chi connectivity index (χ1n) is 18.8. The molecule has 4 N–H and O–H groups in total. The molecule has 0 bridgehead atoms. The van der Waals surface area contributed by atoms with E-state index in [0.717, 1.165) is 35.4 Å². The molecule has 1 aliphatic rings. The van der Waals surface area contributed by atoms with E-state index in [2.05, 4.69) is 47.8 Å². The summed E-state index contributed by atoms with van der Waals surface area (Å²) in [7, 11) is 1.39. The molecule has 0 radical (unpaired) electrons. The number of esters is 1. The largest absolute Gasteiger partial charge is 0.469 e. The van der Waals surface area contributed by atoms with Crippen molar-refractivity contribution in [2.75, 3.05) is 25.9 Å². The van der Waals surface area contributed by atoms with Crippen LogP contribution in [-0.4, -0.2) is 84.4 Å². The Kier molecular flexibility index (Phi) is 19.0. The van der Waals surface area contributed by atoms with Crippen molar-refractivity contribution in [3.05, 3.63) is 169 Å². The fourth-order valence-electron chi connectivity index (χ4n) is 5.97. The zero-order valence-electron chi connectivity index (χ0n) is 33.0. The van der Waals surface area contributed by atoms with Crippen molar-refractivity contribution in [2.45, 2.75) is 36.0 Å². The molecule has 1 fully saturated rings. The average Bonchev–Trinajstić information content (AvgIpc) is 4.03. The number of rotatable bonds is 10. The van der Waals surface area contributed by atoms with Gasteiger partial charge in [0, 0.05) is 43.4 Å². The number of imidazole rings is 2. The number of carbonyl (C=O) groups excluding carboxylic acids is 5. The number of hydrogen-bond acceptors (Lipinski definition) is 11. The maximum atomic E-state index is 12.3. The number of alkyl halides is 1.